The van der Waals surface area contributed by atoms with Crippen molar-refractivity contribution in [1.29, 1.82) is 0 Å². The molecule has 10 heavy (non-hydrogen) atoms. The second-order valence-electron chi connectivity index (χ2n) is 2.13. The summed E-state index contributed by atoms with van der Waals surface area (Å²) < 4.78 is 34.7. The van der Waals surface area contributed by atoms with Crippen LogP contribution in [0.5, 0.6) is 0 Å². The molecule has 0 aromatic rings. The van der Waals surface area contributed by atoms with Gasteiger partial charge in [0.25, 0.3) is 0 Å². The number of hydrogen-bond acceptors (Lipinski definition) is 2. The zero-order chi connectivity index (χ0) is 8.36. The number of hydrogen-bond donors (Lipinski definition) is 1. The molecule has 0 spiro atoms. The van der Waals surface area contributed by atoms with Gasteiger partial charge in [0.05, 0.1) is 0 Å². The van der Waals surface area contributed by atoms with Gasteiger partial charge in [-0.2, -0.15) is 13.2 Å². The highest BCUT2D eigenvalue weighted by molar-refractivity contribution is 8.00. The maximum absolute atomic E-state index is 11.6. The SMILES string of the molecule is CC(N)[C@H](C)SC(F)(F)F. The largest absolute Gasteiger partial charge is 0.442 e. The fourth-order valence-corrected chi connectivity index (χ4v) is 0.954. The molecule has 62 valence electrons. The number of alkyl halides is 3. The summed E-state index contributed by atoms with van der Waals surface area (Å²) in [5.41, 5.74) is 1.06. The Morgan fingerprint density at radius 1 is 1.30 bits per heavy atom. The maximum atomic E-state index is 11.6. The highest BCUT2D eigenvalue weighted by Crippen LogP contribution is 2.34. The minimum atomic E-state index is -4.16. The van der Waals surface area contributed by atoms with E-state index in [0.717, 1.165) is 0 Å². The normalized spacial score (nSPS) is 18.6. The van der Waals surface area contributed by atoms with Crippen molar-refractivity contribution in [3.8, 4) is 0 Å². The van der Waals surface area contributed by atoms with E-state index in [1.165, 1.54) is 6.92 Å². The molecule has 0 bridgehead atoms. The highest BCUT2D eigenvalue weighted by atomic mass is 32.2. The molecule has 0 saturated carbocycles. The van der Waals surface area contributed by atoms with Crippen LogP contribution in [0.4, 0.5) is 13.2 Å². The van der Waals surface area contributed by atoms with Crippen LogP contribution in [0.1, 0.15) is 13.8 Å². The molecule has 5 heteroatoms. The van der Waals surface area contributed by atoms with Crippen LogP contribution in [0.15, 0.2) is 0 Å². The number of halogens is 3. The summed E-state index contributed by atoms with van der Waals surface area (Å²) in [6.45, 7) is 3.02. The van der Waals surface area contributed by atoms with Crippen molar-refractivity contribution in [2.45, 2.75) is 30.6 Å². The van der Waals surface area contributed by atoms with E-state index < -0.39 is 16.8 Å². The van der Waals surface area contributed by atoms with Gasteiger partial charge in [-0.3, -0.25) is 0 Å². The van der Waals surface area contributed by atoms with Gasteiger partial charge in [-0.15, -0.1) is 0 Å². The Bertz CT molecular complexity index is 102. The van der Waals surface area contributed by atoms with Gasteiger partial charge in [0.2, 0.25) is 0 Å². The first kappa shape index (κ1) is 10.1. The number of nitrogens with two attached hydrogens (primary N) is 1. The van der Waals surface area contributed by atoms with E-state index in [1.807, 2.05) is 0 Å². The maximum Gasteiger partial charge on any atom is 0.442 e. The van der Waals surface area contributed by atoms with Crippen molar-refractivity contribution in [1.82, 2.24) is 0 Å². The summed E-state index contributed by atoms with van der Waals surface area (Å²) in [4.78, 5) is 0. The lowest BCUT2D eigenvalue weighted by atomic mass is 10.3. The zero-order valence-corrected chi connectivity index (χ0v) is 6.59. The second kappa shape index (κ2) is 3.48. The van der Waals surface area contributed by atoms with Gasteiger partial charge in [-0.25, -0.2) is 0 Å². The Balaban J connectivity index is 3.68. The number of rotatable bonds is 2. The predicted molar refractivity (Wildman–Crippen MR) is 36.8 cm³/mol. The van der Waals surface area contributed by atoms with Gasteiger partial charge in [0.1, 0.15) is 0 Å². The molecule has 0 saturated heterocycles. The van der Waals surface area contributed by atoms with Crippen LogP contribution in [0, 0.1) is 0 Å². The van der Waals surface area contributed by atoms with Crippen molar-refractivity contribution in [3.63, 3.8) is 0 Å². The summed E-state index contributed by atoms with van der Waals surface area (Å²) in [7, 11) is 0. The minimum absolute atomic E-state index is 0.0602. The van der Waals surface area contributed by atoms with Crippen molar-refractivity contribution < 1.29 is 13.2 Å². The van der Waals surface area contributed by atoms with E-state index in [9.17, 15) is 13.2 Å². The first-order valence-corrected chi connectivity index (χ1v) is 3.71. The van der Waals surface area contributed by atoms with Gasteiger partial charge >= 0.3 is 5.51 Å². The van der Waals surface area contributed by atoms with E-state index >= 15 is 0 Å². The minimum Gasteiger partial charge on any atom is -0.327 e. The number of thioether (sulfide) groups is 1. The zero-order valence-electron chi connectivity index (χ0n) is 5.77. The van der Waals surface area contributed by atoms with Crippen molar-refractivity contribution in [3.05, 3.63) is 0 Å². The molecular formula is C5H10F3NS. The Hall–Kier alpha value is 0.100. The van der Waals surface area contributed by atoms with Gasteiger partial charge in [-0.05, 0) is 18.7 Å². The predicted octanol–water partition coefficient (Wildman–Crippen LogP) is 1.98. The highest BCUT2D eigenvalue weighted by Gasteiger charge is 2.32. The Morgan fingerprint density at radius 3 is 1.80 bits per heavy atom. The van der Waals surface area contributed by atoms with Crippen LogP contribution in [-0.4, -0.2) is 16.8 Å². The molecule has 0 heterocycles. The molecule has 0 radical (unpaired) electrons. The summed E-state index contributed by atoms with van der Waals surface area (Å²) in [6.07, 6.45) is 0. The smallest absolute Gasteiger partial charge is 0.327 e. The third-order valence-electron chi connectivity index (χ3n) is 1.06. The van der Waals surface area contributed by atoms with Crippen LogP contribution < -0.4 is 5.73 Å². The molecule has 0 fully saturated rings. The lowest BCUT2D eigenvalue weighted by Gasteiger charge is -2.16. The first-order chi connectivity index (χ1) is 4.33. The molecule has 0 aliphatic heterocycles. The molecule has 0 aromatic heterocycles. The lowest BCUT2D eigenvalue weighted by molar-refractivity contribution is -0.0334. The average Bonchev–Trinajstić information content (AvgIpc) is 1.60. The standard InChI is InChI=1S/C5H10F3NS/c1-3(9)4(2)10-5(6,7)8/h3-4H,9H2,1-2H3/t3?,4-/m0/s1. The molecule has 1 unspecified atom stereocenters. The summed E-state index contributed by atoms with van der Waals surface area (Å²) in [5.74, 6) is 0. The average molecular weight is 173 g/mol. The van der Waals surface area contributed by atoms with Crippen LogP contribution in [0.2, 0.25) is 0 Å². The van der Waals surface area contributed by atoms with Gasteiger partial charge in [0.15, 0.2) is 0 Å². The van der Waals surface area contributed by atoms with Crippen LogP contribution in [0.3, 0.4) is 0 Å². The fourth-order valence-electron chi connectivity index (χ4n) is 0.318. The van der Waals surface area contributed by atoms with E-state index in [0.29, 0.717) is 0 Å². The third kappa shape index (κ3) is 4.93. The quantitative estimate of drug-likeness (QED) is 0.691. The monoisotopic (exact) mass is 173 g/mol. The molecule has 0 aromatic carbocycles. The van der Waals surface area contributed by atoms with E-state index in [-0.39, 0.29) is 11.8 Å². The molecule has 0 amide bonds. The van der Waals surface area contributed by atoms with Crippen molar-refractivity contribution >= 4 is 11.8 Å². The molecular weight excluding hydrogens is 163 g/mol. The second-order valence-corrected chi connectivity index (χ2v) is 3.57. The Morgan fingerprint density at radius 2 is 1.70 bits per heavy atom. The lowest BCUT2D eigenvalue weighted by Crippen LogP contribution is -2.28. The first-order valence-electron chi connectivity index (χ1n) is 2.83. The van der Waals surface area contributed by atoms with Gasteiger partial charge in [0, 0.05) is 11.3 Å². The van der Waals surface area contributed by atoms with Crippen LogP contribution >= 0.6 is 11.8 Å². The summed E-state index contributed by atoms with van der Waals surface area (Å²) >= 11 is -0.0602. The molecule has 2 N–H and O–H groups in total. The van der Waals surface area contributed by atoms with Gasteiger partial charge < -0.3 is 5.73 Å². The topological polar surface area (TPSA) is 26.0 Å². The molecule has 2 atom stereocenters. The molecule has 1 nitrogen and oxygen atoms in total. The van der Waals surface area contributed by atoms with E-state index in [4.69, 9.17) is 5.73 Å². The van der Waals surface area contributed by atoms with Crippen LogP contribution in [-0.2, 0) is 0 Å². The van der Waals surface area contributed by atoms with Gasteiger partial charge in [-0.1, -0.05) is 6.92 Å². The summed E-state index contributed by atoms with van der Waals surface area (Å²) in [6, 6.07) is -0.424. The van der Waals surface area contributed by atoms with E-state index in [1.54, 1.807) is 6.92 Å². The molecule has 0 aliphatic rings. The van der Waals surface area contributed by atoms with Crippen molar-refractivity contribution in [2.24, 2.45) is 5.73 Å². The fraction of sp³-hybridized carbons (Fsp3) is 1.00. The molecule has 0 rings (SSSR count). The summed E-state index contributed by atoms with van der Waals surface area (Å²) in [5, 5.41) is -0.569. The third-order valence-corrected chi connectivity index (χ3v) is 2.13. The Labute approximate surface area is 62.2 Å². The van der Waals surface area contributed by atoms with Crippen molar-refractivity contribution in [2.75, 3.05) is 0 Å². The van der Waals surface area contributed by atoms with E-state index in [2.05, 4.69) is 0 Å². The molecule has 0 aliphatic carbocycles. The Kier molecular flexibility index (Phi) is 3.51. The van der Waals surface area contributed by atoms with Crippen LogP contribution in [0.25, 0.3) is 0 Å².